The molecule has 0 unspecified atom stereocenters. The summed E-state index contributed by atoms with van der Waals surface area (Å²) in [7, 11) is 0. The second-order valence-electron chi connectivity index (χ2n) is 6.14. The van der Waals surface area contributed by atoms with Gasteiger partial charge in [-0.2, -0.15) is 0 Å². The number of benzene rings is 1. The summed E-state index contributed by atoms with van der Waals surface area (Å²) in [6.07, 6.45) is 0. The number of carbonyl (C=O) groups excluding carboxylic acids is 3. The van der Waals surface area contributed by atoms with Gasteiger partial charge in [-0.1, -0.05) is 29.8 Å². The van der Waals surface area contributed by atoms with Crippen molar-refractivity contribution in [2.75, 3.05) is 31.5 Å². The van der Waals surface area contributed by atoms with Gasteiger partial charge in [-0.15, -0.1) is 0 Å². The van der Waals surface area contributed by atoms with Gasteiger partial charge in [-0.05, 0) is 24.3 Å². The van der Waals surface area contributed by atoms with E-state index < -0.39 is 5.91 Å². The van der Waals surface area contributed by atoms with E-state index in [0.717, 1.165) is 0 Å². The summed E-state index contributed by atoms with van der Waals surface area (Å²) in [6.45, 7) is 3.38. The molecule has 0 atom stereocenters. The maximum atomic E-state index is 12.7. The summed E-state index contributed by atoms with van der Waals surface area (Å²) in [5, 5.41) is 3.11. The molecule has 0 spiro atoms. The highest BCUT2D eigenvalue weighted by Gasteiger charge is 2.24. The molecule has 7 nitrogen and oxygen atoms in total. The largest absolute Gasteiger partial charge is 0.339 e. The number of pyridine rings is 1. The predicted molar refractivity (Wildman–Crippen MR) is 102 cm³/mol. The van der Waals surface area contributed by atoms with Crippen LogP contribution in [0.25, 0.3) is 0 Å². The fourth-order valence-corrected chi connectivity index (χ4v) is 3.00. The van der Waals surface area contributed by atoms with Crippen LogP contribution >= 0.6 is 11.6 Å². The van der Waals surface area contributed by atoms with Gasteiger partial charge in [0, 0.05) is 33.1 Å². The van der Waals surface area contributed by atoms with Crippen molar-refractivity contribution in [2.45, 2.75) is 6.92 Å². The zero-order valence-electron chi connectivity index (χ0n) is 14.8. The Morgan fingerprint density at radius 3 is 2.22 bits per heavy atom. The number of amides is 3. The van der Waals surface area contributed by atoms with E-state index in [1.54, 1.807) is 46.2 Å². The minimum absolute atomic E-state index is 0.00142. The average Bonchev–Trinajstić information content (AvgIpc) is 2.69. The summed E-state index contributed by atoms with van der Waals surface area (Å²) < 4.78 is 0. The molecule has 1 fully saturated rings. The van der Waals surface area contributed by atoms with Gasteiger partial charge in [0.15, 0.2) is 0 Å². The lowest BCUT2D eigenvalue weighted by atomic mass is 10.2. The first-order valence-corrected chi connectivity index (χ1v) is 8.91. The standard InChI is InChI=1S/C19H19ClN4O3/c1-13(25)23-9-11-24(12-10-23)19(27)17-8-4-7-16(21-17)18(26)22-15-6-3-2-5-14(15)20/h2-8H,9-12H2,1H3,(H,22,26). The third-order valence-corrected chi connectivity index (χ3v) is 4.66. The van der Waals surface area contributed by atoms with Crippen LogP contribution in [0.15, 0.2) is 42.5 Å². The smallest absolute Gasteiger partial charge is 0.274 e. The van der Waals surface area contributed by atoms with E-state index >= 15 is 0 Å². The molecule has 140 valence electrons. The molecule has 1 aliphatic heterocycles. The highest BCUT2D eigenvalue weighted by Crippen LogP contribution is 2.21. The molecule has 0 saturated carbocycles. The Bertz CT molecular complexity index is 879. The second-order valence-corrected chi connectivity index (χ2v) is 6.55. The van der Waals surface area contributed by atoms with Crippen LogP contribution in [0.4, 0.5) is 5.69 Å². The highest BCUT2D eigenvalue weighted by atomic mass is 35.5. The molecular weight excluding hydrogens is 368 g/mol. The number of hydrogen-bond donors (Lipinski definition) is 1. The normalized spacial score (nSPS) is 14.0. The number of para-hydroxylation sites is 1. The van der Waals surface area contributed by atoms with Crippen LogP contribution in [-0.2, 0) is 4.79 Å². The Labute approximate surface area is 161 Å². The van der Waals surface area contributed by atoms with Gasteiger partial charge in [0.2, 0.25) is 5.91 Å². The molecule has 1 aromatic heterocycles. The van der Waals surface area contributed by atoms with Gasteiger partial charge in [0.1, 0.15) is 11.4 Å². The summed E-state index contributed by atoms with van der Waals surface area (Å²) in [4.78, 5) is 44.0. The van der Waals surface area contributed by atoms with Crippen molar-refractivity contribution in [3.05, 3.63) is 58.9 Å². The summed E-state index contributed by atoms with van der Waals surface area (Å²) in [6, 6.07) is 11.6. The average molecular weight is 387 g/mol. The third-order valence-electron chi connectivity index (χ3n) is 4.34. The van der Waals surface area contributed by atoms with Crippen molar-refractivity contribution in [2.24, 2.45) is 0 Å². The third kappa shape index (κ3) is 4.43. The van der Waals surface area contributed by atoms with Gasteiger partial charge in [-0.3, -0.25) is 14.4 Å². The quantitative estimate of drug-likeness (QED) is 0.877. The number of nitrogens with one attached hydrogen (secondary N) is 1. The highest BCUT2D eigenvalue weighted by molar-refractivity contribution is 6.33. The van der Waals surface area contributed by atoms with E-state index in [9.17, 15) is 14.4 Å². The van der Waals surface area contributed by atoms with Crippen molar-refractivity contribution in [3.8, 4) is 0 Å². The van der Waals surface area contributed by atoms with Crippen LogP contribution < -0.4 is 5.32 Å². The second kappa shape index (κ2) is 8.18. The van der Waals surface area contributed by atoms with E-state index in [-0.39, 0.29) is 23.2 Å². The monoisotopic (exact) mass is 386 g/mol. The molecule has 1 N–H and O–H groups in total. The molecular formula is C19H19ClN4O3. The van der Waals surface area contributed by atoms with Crippen molar-refractivity contribution < 1.29 is 14.4 Å². The molecule has 0 radical (unpaired) electrons. The molecule has 1 saturated heterocycles. The SMILES string of the molecule is CC(=O)N1CCN(C(=O)c2cccc(C(=O)Nc3ccccc3Cl)n2)CC1. The van der Waals surface area contributed by atoms with Crippen LogP contribution in [-0.4, -0.2) is 58.7 Å². The number of nitrogens with zero attached hydrogens (tertiary/aromatic N) is 3. The summed E-state index contributed by atoms with van der Waals surface area (Å²) >= 11 is 6.05. The molecule has 2 heterocycles. The first-order valence-electron chi connectivity index (χ1n) is 8.53. The van der Waals surface area contributed by atoms with Crippen LogP contribution in [0.1, 0.15) is 27.9 Å². The zero-order chi connectivity index (χ0) is 19.4. The van der Waals surface area contributed by atoms with Gasteiger partial charge in [0.05, 0.1) is 10.7 Å². The fourth-order valence-electron chi connectivity index (χ4n) is 2.82. The number of halogens is 1. The van der Waals surface area contributed by atoms with Crippen LogP contribution in [0.5, 0.6) is 0 Å². The molecule has 8 heteroatoms. The van der Waals surface area contributed by atoms with Crippen LogP contribution in [0.2, 0.25) is 5.02 Å². The molecule has 3 amide bonds. The first kappa shape index (κ1) is 18.8. The van der Waals surface area contributed by atoms with E-state index in [1.165, 1.54) is 13.0 Å². The minimum Gasteiger partial charge on any atom is -0.339 e. The lowest BCUT2D eigenvalue weighted by Crippen LogP contribution is -2.50. The van der Waals surface area contributed by atoms with Crippen molar-refractivity contribution >= 4 is 35.0 Å². The maximum absolute atomic E-state index is 12.7. The van der Waals surface area contributed by atoms with Gasteiger partial charge in [0.25, 0.3) is 11.8 Å². The Morgan fingerprint density at radius 2 is 1.56 bits per heavy atom. The van der Waals surface area contributed by atoms with E-state index in [4.69, 9.17) is 11.6 Å². The Morgan fingerprint density at radius 1 is 0.926 bits per heavy atom. The summed E-state index contributed by atoms with van der Waals surface area (Å²) in [5.74, 6) is -0.705. The van der Waals surface area contributed by atoms with Gasteiger partial charge < -0.3 is 15.1 Å². The number of anilines is 1. The van der Waals surface area contributed by atoms with E-state index in [0.29, 0.717) is 36.9 Å². The van der Waals surface area contributed by atoms with E-state index in [2.05, 4.69) is 10.3 Å². The van der Waals surface area contributed by atoms with Crippen molar-refractivity contribution in [1.29, 1.82) is 0 Å². The molecule has 1 aliphatic rings. The summed E-state index contributed by atoms with van der Waals surface area (Å²) in [5.41, 5.74) is 0.796. The molecule has 0 aliphatic carbocycles. The fraction of sp³-hybridized carbons (Fsp3) is 0.263. The number of rotatable bonds is 3. The van der Waals surface area contributed by atoms with Gasteiger partial charge in [-0.25, -0.2) is 4.98 Å². The Hall–Kier alpha value is -2.93. The lowest BCUT2D eigenvalue weighted by molar-refractivity contribution is -0.130. The Balaban J connectivity index is 1.70. The molecule has 3 rings (SSSR count). The van der Waals surface area contributed by atoms with Crippen molar-refractivity contribution in [1.82, 2.24) is 14.8 Å². The number of carbonyl (C=O) groups is 3. The van der Waals surface area contributed by atoms with Crippen molar-refractivity contribution in [3.63, 3.8) is 0 Å². The molecule has 0 bridgehead atoms. The zero-order valence-corrected chi connectivity index (χ0v) is 15.6. The predicted octanol–water partition coefficient (Wildman–Crippen LogP) is 2.29. The number of hydrogen-bond acceptors (Lipinski definition) is 4. The van der Waals surface area contributed by atoms with Crippen LogP contribution in [0, 0.1) is 0 Å². The molecule has 27 heavy (non-hydrogen) atoms. The van der Waals surface area contributed by atoms with E-state index in [1.807, 2.05) is 0 Å². The first-order chi connectivity index (χ1) is 13.0. The number of aromatic nitrogens is 1. The van der Waals surface area contributed by atoms with Crippen LogP contribution in [0.3, 0.4) is 0 Å². The van der Waals surface area contributed by atoms with Gasteiger partial charge >= 0.3 is 0 Å². The lowest BCUT2D eigenvalue weighted by Gasteiger charge is -2.34. The molecule has 1 aromatic carbocycles. The minimum atomic E-state index is -0.445. The number of piperazine rings is 1. The topological polar surface area (TPSA) is 82.6 Å². The Kier molecular flexibility index (Phi) is 5.71. The maximum Gasteiger partial charge on any atom is 0.274 e. The molecule has 2 aromatic rings.